The predicted molar refractivity (Wildman–Crippen MR) is 89.9 cm³/mol. The molecule has 0 saturated carbocycles. The van der Waals surface area contributed by atoms with Crippen LogP contribution in [0.25, 0.3) is 16.7 Å². The maximum atomic E-state index is 12.8. The van der Waals surface area contributed by atoms with Crippen LogP contribution in [-0.4, -0.2) is 36.2 Å². The van der Waals surface area contributed by atoms with Crippen molar-refractivity contribution < 1.29 is 9.90 Å². The lowest BCUT2D eigenvalue weighted by Crippen LogP contribution is -2.26. The summed E-state index contributed by atoms with van der Waals surface area (Å²) in [4.78, 5) is 28.4. The van der Waals surface area contributed by atoms with Gasteiger partial charge >= 0.3 is 5.97 Å². The molecule has 0 radical (unpaired) electrons. The van der Waals surface area contributed by atoms with E-state index >= 15 is 0 Å². The molecule has 1 atom stereocenters. The van der Waals surface area contributed by atoms with Crippen LogP contribution in [0.15, 0.2) is 40.4 Å². The van der Waals surface area contributed by atoms with E-state index in [1.165, 1.54) is 22.5 Å². The largest absolute Gasteiger partial charge is 0.481 e. The summed E-state index contributed by atoms with van der Waals surface area (Å²) in [6.07, 6.45) is 1.42. The van der Waals surface area contributed by atoms with Gasteiger partial charge in [0.15, 0.2) is 10.8 Å². The van der Waals surface area contributed by atoms with E-state index in [1.54, 1.807) is 4.68 Å². The minimum absolute atomic E-state index is 0.0842. The molecule has 1 N–H and O–H groups in total. The molecule has 0 unspecified atom stereocenters. The molecule has 0 saturated heterocycles. The monoisotopic (exact) mass is 342 g/mol. The van der Waals surface area contributed by atoms with Crippen LogP contribution in [0.5, 0.6) is 0 Å². The van der Waals surface area contributed by atoms with Crippen LogP contribution in [-0.2, 0) is 4.79 Å². The standard InChI is InChI=1S/C16H14N4O3S/c1-9-3-2-4-10(5-9)20-14-12(7-17-20)15(23)19-11(6-13(21)22)8-24-16(19)18-14/h2-5,7,11H,6,8H2,1H3,(H,21,22)/t11-/m0/s1. The number of aryl methyl sites for hydroxylation is 1. The van der Waals surface area contributed by atoms with Crippen molar-refractivity contribution in [2.75, 3.05) is 5.75 Å². The fourth-order valence-corrected chi connectivity index (χ4v) is 4.06. The summed E-state index contributed by atoms with van der Waals surface area (Å²) in [6.45, 7) is 1.99. The number of carboxylic acid groups (broad SMARTS) is 1. The highest BCUT2D eigenvalue weighted by molar-refractivity contribution is 7.99. The fraction of sp³-hybridized carbons (Fsp3) is 0.250. The zero-order chi connectivity index (χ0) is 16.8. The van der Waals surface area contributed by atoms with E-state index in [0.717, 1.165) is 11.3 Å². The number of rotatable bonds is 3. The van der Waals surface area contributed by atoms with Gasteiger partial charge in [0.2, 0.25) is 0 Å². The molecular formula is C16H14N4O3S. The van der Waals surface area contributed by atoms with Gasteiger partial charge in [0.05, 0.1) is 24.3 Å². The summed E-state index contributed by atoms with van der Waals surface area (Å²) in [7, 11) is 0. The Morgan fingerprint density at radius 3 is 3.04 bits per heavy atom. The first-order chi connectivity index (χ1) is 11.5. The third-order valence-electron chi connectivity index (χ3n) is 4.03. The highest BCUT2D eigenvalue weighted by atomic mass is 32.2. The molecule has 3 heterocycles. The number of hydrogen-bond donors (Lipinski definition) is 1. The molecule has 0 aliphatic carbocycles. The van der Waals surface area contributed by atoms with Crippen molar-refractivity contribution in [3.8, 4) is 5.69 Å². The van der Waals surface area contributed by atoms with E-state index in [-0.39, 0.29) is 18.0 Å². The maximum absolute atomic E-state index is 12.8. The fourth-order valence-electron chi connectivity index (χ4n) is 2.93. The van der Waals surface area contributed by atoms with Gasteiger partial charge in [-0.15, -0.1) is 0 Å². The lowest BCUT2D eigenvalue weighted by atomic mass is 10.2. The molecule has 0 amide bonds. The number of fused-ring (bicyclic) bond motifs is 2. The molecule has 1 aromatic carbocycles. The molecular weight excluding hydrogens is 328 g/mol. The van der Waals surface area contributed by atoms with Gasteiger partial charge in [-0.3, -0.25) is 14.2 Å². The van der Waals surface area contributed by atoms with Crippen LogP contribution in [0.1, 0.15) is 18.0 Å². The molecule has 4 rings (SSSR count). The number of aliphatic carboxylic acids is 1. The second kappa shape index (κ2) is 5.48. The summed E-state index contributed by atoms with van der Waals surface area (Å²) in [5.41, 5.74) is 2.20. The molecule has 0 spiro atoms. The summed E-state index contributed by atoms with van der Waals surface area (Å²) >= 11 is 1.40. The van der Waals surface area contributed by atoms with Crippen molar-refractivity contribution in [1.82, 2.24) is 19.3 Å². The second-order valence-corrected chi connectivity index (χ2v) is 6.75. The molecule has 122 valence electrons. The first-order valence-electron chi connectivity index (χ1n) is 7.46. The van der Waals surface area contributed by atoms with Crippen molar-refractivity contribution in [2.24, 2.45) is 0 Å². The third-order valence-corrected chi connectivity index (χ3v) is 5.12. The average molecular weight is 342 g/mol. The summed E-state index contributed by atoms with van der Waals surface area (Å²) in [5, 5.41) is 14.3. The molecule has 24 heavy (non-hydrogen) atoms. The Bertz CT molecular complexity index is 1020. The van der Waals surface area contributed by atoms with Gasteiger partial charge in [-0.25, -0.2) is 9.67 Å². The number of benzene rings is 1. The van der Waals surface area contributed by atoms with Crippen molar-refractivity contribution in [3.63, 3.8) is 0 Å². The summed E-state index contributed by atoms with van der Waals surface area (Å²) in [5.74, 6) is -0.380. The van der Waals surface area contributed by atoms with Gasteiger partial charge in [0.25, 0.3) is 5.56 Å². The number of nitrogens with zero attached hydrogens (tertiary/aromatic N) is 4. The Morgan fingerprint density at radius 2 is 2.29 bits per heavy atom. The van der Waals surface area contributed by atoms with E-state index in [0.29, 0.717) is 21.9 Å². The number of aromatic nitrogens is 4. The summed E-state index contributed by atoms with van der Waals surface area (Å²) in [6, 6.07) is 7.43. The molecule has 0 bridgehead atoms. The Morgan fingerprint density at radius 1 is 1.46 bits per heavy atom. The van der Waals surface area contributed by atoms with Crippen LogP contribution in [0.2, 0.25) is 0 Å². The van der Waals surface area contributed by atoms with E-state index in [9.17, 15) is 9.59 Å². The van der Waals surface area contributed by atoms with Crippen LogP contribution >= 0.6 is 11.8 Å². The Hall–Kier alpha value is -2.61. The SMILES string of the molecule is Cc1cccc(-n2ncc3c(=O)n4c(nc32)SC[C@@H]4CC(=O)O)c1. The van der Waals surface area contributed by atoms with Crippen molar-refractivity contribution in [2.45, 2.75) is 24.5 Å². The first-order valence-corrected chi connectivity index (χ1v) is 8.45. The lowest BCUT2D eigenvalue weighted by Gasteiger charge is -2.11. The van der Waals surface area contributed by atoms with E-state index in [2.05, 4.69) is 10.1 Å². The normalized spacial score (nSPS) is 16.5. The van der Waals surface area contributed by atoms with Crippen LogP contribution in [0.4, 0.5) is 0 Å². The molecule has 0 fully saturated rings. The maximum Gasteiger partial charge on any atom is 0.305 e. The van der Waals surface area contributed by atoms with Crippen LogP contribution < -0.4 is 5.56 Å². The Kier molecular flexibility index (Phi) is 3.42. The topological polar surface area (TPSA) is 90.0 Å². The molecule has 8 heteroatoms. The zero-order valence-electron chi connectivity index (χ0n) is 12.8. The molecule has 1 aliphatic rings. The van der Waals surface area contributed by atoms with E-state index in [1.807, 2.05) is 31.2 Å². The quantitative estimate of drug-likeness (QED) is 0.732. The number of thioether (sulfide) groups is 1. The van der Waals surface area contributed by atoms with Gasteiger partial charge < -0.3 is 5.11 Å². The van der Waals surface area contributed by atoms with Crippen molar-refractivity contribution >= 4 is 28.8 Å². The lowest BCUT2D eigenvalue weighted by molar-refractivity contribution is -0.137. The first kappa shape index (κ1) is 14.9. The Balaban J connectivity index is 1.90. The third kappa shape index (κ3) is 2.30. The highest BCUT2D eigenvalue weighted by Gasteiger charge is 2.29. The smallest absolute Gasteiger partial charge is 0.305 e. The molecule has 2 aromatic heterocycles. The van der Waals surface area contributed by atoms with E-state index in [4.69, 9.17) is 5.11 Å². The Labute approximate surface area is 140 Å². The average Bonchev–Trinajstić information content (AvgIpc) is 3.12. The molecule has 1 aliphatic heterocycles. The van der Waals surface area contributed by atoms with Gasteiger partial charge in [0.1, 0.15) is 5.39 Å². The van der Waals surface area contributed by atoms with Gasteiger partial charge in [-0.1, -0.05) is 23.9 Å². The van der Waals surface area contributed by atoms with Crippen LogP contribution in [0, 0.1) is 6.92 Å². The predicted octanol–water partition coefficient (Wildman–Crippen LogP) is 2.01. The van der Waals surface area contributed by atoms with Gasteiger partial charge in [-0.2, -0.15) is 5.10 Å². The summed E-state index contributed by atoms with van der Waals surface area (Å²) < 4.78 is 3.14. The number of hydrogen-bond acceptors (Lipinski definition) is 5. The van der Waals surface area contributed by atoms with E-state index < -0.39 is 5.97 Å². The van der Waals surface area contributed by atoms with Crippen LogP contribution in [0.3, 0.4) is 0 Å². The van der Waals surface area contributed by atoms with Crippen molar-refractivity contribution in [1.29, 1.82) is 0 Å². The minimum atomic E-state index is -0.920. The zero-order valence-corrected chi connectivity index (χ0v) is 13.7. The van der Waals surface area contributed by atoms with Gasteiger partial charge in [0, 0.05) is 5.75 Å². The van der Waals surface area contributed by atoms with Gasteiger partial charge in [-0.05, 0) is 24.6 Å². The number of carbonyl (C=O) groups is 1. The number of carboxylic acids is 1. The second-order valence-electron chi connectivity index (χ2n) is 5.76. The van der Waals surface area contributed by atoms with Crippen molar-refractivity contribution in [3.05, 3.63) is 46.4 Å². The molecule has 7 nitrogen and oxygen atoms in total. The molecule has 3 aromatic rings. The highest BCUT2D eigenvalue weighted by Crippen LogP contribution is 2.33. The minimum Gasteiger partial charge on any atom is -0.481 e.